The molecule has 0 unspecified atom stereocenters. The molecule has 0 aromatic heterocycles. The lowest BCUT2D eigenvalue weighted by molar-refractivity contribution is -0.386. The van der Waals surface area contributed by atoms with Gasteiger partial charge in [0.05, 0.1) is 10.5 Å². The smallest absolute Gasteiger partial charge is 0.288 e. The van der Waals surface area contributed by atoms with Crippen LogP contribution in [-0.2, 0) is 4.79 Å². The van der Waals surface area contributed by atoms with Gasteiger partial charge in [-0.1, -0.05) is 24.3 Å². The second-order valence-corrected chi connectivity index (χ2v) is 5.44. The molecule has 1 aliphatic rings. The summed E-state index contributed by atoms with van der Waals surface area (Å²) in [4.78, 5) is 21.8. The molecule has 1 fully saturated rings. The van der Waals surface area contributed by atoms with Gasteiger partial charge >= 0.3 is 6.18 Å². The van der Waals surface area contributed by atoms with Crippen molar-refractivity contribution in [3.63, 3.8) is 0 Å². The van der Waals surface area contributed by atoms with Crippen LogP contribution in [0.15, 0.2) is 36.4 Å². The molecular formula is C15H12F3N3O3. The van der Waals surface area contributed by atoms with Gasteiger partial charge in [0.1, 0.15) is 0 Å². The van der Waals surface area contributed by atoms with Crippen LogP contribution in [0.1, 0.15) is 18.0 Å². The highest BCUT2D eigenvalue weighted by atomic mass is 19.4. The number of hydrogen-bond acceptors (Lipinski definition) is 4. The van der Waals surface area contributed by atoms with Crippen molar-refractivity contribution in [3.05, 3.63) is 52.1 Å². The number of nitrogens with zero attached hydrogens (tertiary/aromatic N) is 2. The van der Waals surface area contributed by atoms with Crippen LogP contribution in [0.4, 0.5) is 18.9 Å². The Labute approximate surface area is 134 Å². The molecule has 2 aromatic carbocycles. The molecule has 1 amide bonds. The summed E-state index contributed by atoms with van der Waals surface area (Å²) in [5.74, 6) is -0.548. The molecule has 1 saturated heterocycles. The third-order valence-corrected chi connectivity index (χ3v) is 3.86. The largest absolute Gasteiger partial charge is 0.410 e. The number of alkyl halides is 3. The Morgan fingerprint density at radius 2 is 1.83 bits per heavy atom. The van der Waals surface area contributed by atoms with E-state index >= 15 is 0 Å². The number of hydrogen-bond donors (Lipinski definition) is 1. The van der Waals surface area contributed by atoms with Gasteiger partial charge in [-0.15, -0.1) is 0 Å². The van der Waals surface area contributed by atoms with Gasteiger partial charge in [-0.05, 0) is 16.8 Å². The first-order valence-corrected chi connectivity index (χ1v) is 7.07. The molecule has 0 aliphatic carbocycles. The van der Waals surface area contributed by atoms with Gasteiger partial charge in [0, 0.05) is 19.0 Å². The lowest BCUT2D eigenvalue weighted by Crippen LogP contribution is -2.43. The maximum atomic E-state index is 13.6. The number of halogens is 3. The van der Waals surface area contributed by atoms with Crippen LogP contribution in [0, 0.1) is 10.1 Å². The number of hydrazine groups is 1. The van der Waals surface area contributed by atoms with Crippen molar-refractivity contribution >= 4 is 22.4 Å². The van der Waals surface area contributed by atoms with Crippen LogP contribution >= 0.6 is 0 Å². The number of amides is 1. The molecule has 0 saturated carbocycles. The molecule has 1 heterocycles. The lowest BCUT2D eigenvalue weighted by atomic mass is 9.98. The summed E-state index contributed by atoms with van der Waals surface area (Å²) in [7, 11) is 0. The fourth-order valence-electron chi connectivity index (χ4n) is 2.83. The quantitative estimate of drug-likeness (QED) is 0.689. The van der Waals surface area contributed by atoms with Gasteiger partial charge < -0.3 is 0 Å². The minimum atomic E-state index is -4.79. The summed E-state index contributed by atoms with van der Waals surface area (Å²) >= 11 is 0. The number of carbonyl (C=O) groups is 1. The number of fused-ring (bicyclic) bond motifs is 1. The average Bonchev–Trinajstić information content (AvgIpc) is 2.91. The fourth-order valence-corrected chi connectivity index (χ4v) is 2.83. The van der Waals surface area contributed by atoms with E-state index in [1.54, 1.807) is 24.3 Å². The Balaban J connectivity index is 2.20. The van der Waals surface area contributed by atoms with Gasteiger partial charge in [0.2, 0.25) is 5.91 Å². The first-order valence-electron chi connectivity index (χ1n) is 7.07. The molecule has 1 atom stereocenters. The number of rotatable bonds is 3. The zero-order chi connectivity index (χ0) is 17.5. The van der Waals surface area contributed by atoms with E-state index in [2.05, 4.69) is 5.43 Å². The molecule has 126 valence electrons. The first kappa shape index (κ1) is 16.2. The molecule has 2 aromatic rings. The number of carbonyl (C=O) groups excluding carboxylic acids is 1. The second-order valence-electron chi connectivity index (χ2n) is 5.44. The predicted molar refractivity (Wildman–Crippen MR) is 78.9 cm³/mol. The Morgan fingerprint density at radius 1 is 1.21 bits per heavy atom. The number of nitro groups is 1. The van der Waals surface area contributed by atoms with E-state index in [1.807, 2.05) is 0 Å². The number of nitrogens with one attached hydrogen (secondary N) is 1. The molecule has 6 nitrogen and oxygen atoms in total. The topological polar surface area (TPSA) is 75.5 Å². The summed E-state index contributed by atoms with van der Waals surface area (Å²) < 4.78 is 40.8. The highest BCUT2D eigenvalue weighted by molar-refractivity contribution is 5.86. The van der Waals surface area contributed by atoms with E-state index in [0.29, 0.717) is 15.8 Å². The van der Waals surface area contributed by atoms with Crippen molar-refractivity contribution in [3.8, 4) is 0 Å². The molecule has 3 rings (SSSR count). The summed E-state index contributed by atoms with van der Waals surface area (Å²) in [6.07, 6.45) is -4.88. The lowest BCUT2D eigenvalue weighted by Gasteiger charge is -2.29. The minimum Gasteiger partial charge on any atom is -0.288 e. The molecule has 1 aliphatic heterocycles. The van der Waals surface area contributed by atoms with E-state index in [9.17, 15) is 28.1 Å². The van der Waals surface area contributed by atoms with Gasteiger partial charge in [0.25, 0.3) is 5.69 Å². The minimum absolute atomic E-state index is 0.0893. The fraction of sp³-hybridized carbons (Fsp3) is 0.267. The van der Waals surface area contributed by atoms with Crippen molar-refractivity contribution in [2.45, 2.75) is 18.6 Å². The van der Waals surface area contributed by atoms with Gasteiger partial charge in [0.15, 0.2) is 6.04 Å². The molecule has 9 heteroatoms. The van der Waals surface area contributed by atoms with Gasteiger partial charge in [-0.25, -0.2) is 5.01 Å². The van der Waals surface area contributed by atoms with Crippen LogP contribution in [0.25, 0.3) is 10.8 Å². The molecule has 24 heavy (non-hydrogen) atoms. The van der Waals surface area contributed by atoms with E-state index in [-0.39, 0.29) is 13.0 Å². The maximum absolute atomic E-state index is 13.6. The molecule has 0 radical (unpaired) electrons. The first-order chi connectivity index (χ1) is 11.3. The number of nitro benzene ring substituents is 1. The normalized spacial score (nSPS) is 17.0. The maximum Gasteiger partial charge on any atom is 0.410 e. The summed E-state index contributed by atoms with van der Waals surface area (Å²) in [6, 6.07) is 6.46. The van der Waals surface area contributed by atoms with Crippen LogP contribution in [-0.4, -0.2) is 28.6 Å². The van der Waals surface area contributed by atoms with Crippen LogP contribution in [0.5, 0.6) is 0 Å². The molecular weight excluding hydrogens is 327 g/mol. The summed E-state index contributed by atoms with van der Waals surface area (Å²) in [6.45, 7) is -0.174. The summed E-state index contributed by atoms with van der Waals surface area (Å²) in [5.41, 5.74) is 1.01. The van der Waals surface area contributed by atoms with Crippen LogP contribution in [0.2, 0.25) is 0 Å². The van der Waals surface area contributed by atoms with Gasteiger partial charge in [-0.2, -0.15) is 13.2 Å². The van der Waals surface area contributed by atoms with Crippen molar-refractivity contribution < 1.29 is 22.9 Å². The standard InChI is InChI=1S/C15H12F3N3O3/c16-15(17,18)14(20-6-5-13(22)19-20)11-7-9-3-1-2-4-10(9)8-12(11)21(23)24/h1-4,7-8,14H,5-6H2,(H,19,22)/t14-/m0/s1. The molecule has 1 N–H and O–H groups in total. The van der Waals surface area contributed by atoms with E-state index in [1.165, 1.54) is 0 Å². The van der Waals surface area contributed by atoms with Gasteiger partial charge in [-0.3, -0.25) is 20.3 Å². The monoisotopic (exact) mass is 339 g/mol. The zero-order valence-corrected chi connectivity index (χ0v) is 12.2. The Hall–Kier alpha value is -2.68. The highest BCUT2D eigenvalue weighted by Gasteiger charge is 2.49. The Kier molecular flexibility index (Phi) is 3.88. The SMILES string of the molecule is O=C1CCN([C@@H](c2cc3ccccc3cc2[N+](=O)[O-])C(F)(F)F)N1. The predicted octanol–water partition coefficient (Wildman–Crippen LogP) is 3.09. The second kappa shape index (κ2) is 5.75. The van der Waals surface area contributed by atoms with E-state index in [0.717, 1.165) is 12.1 Å². The Bertz CT molecular complexity index is 822. The number of benzene rings is 2. The highest BCUT2D eigenvalue weighted by Crippen LogP contribution is 2.42. The Morgan fingerprint density at radius 3 is 2.33 bits per heavy atom. The molecule has 0 bridgehead atoms. The van der Waals surface area contributed by atoms with Crippen molar-refractivity contribution in [2.75, 3.05) is 6.54 Å². The van der Waals surface area contributed by atoms with Crippen molar-refractivity contribution in [2.24, 2.45) is 0 Å². The van der Waals surface area contributed by atoms with Crippen molar-refractivity contribution in [1.29, 1.82) is 0 Å². The van der Waals surface area contributed by atoms with Crippen molar-refractivity contribution in [1.82, 2.24) is 10.4 Å². The third-order valence-electron chi connectivity index (χ3n) is 3.86. The van der Waals surface area contributed by atoms with Crippen LogP contribution < -0.4 is 5.43 Å². The summed E-state index contributed by atoms with van der Waals surface area (Å²) in [5, 5.41) is 12.9. The van der Waals surface area contributed by atoms with E-state index in [4.69, 9.17) is 0 Å². The zero-order valence-electron chi connectivity index (χ0n) is 12.2. The van der Waals surface area contributed by atoms with Crippen LogP contribution in [0.3, 0.4) is 0 Å². The third kappa shape index (κ3) is 2.90. The average molecular weight is 339 g/mol. The molecule has 0 spiro atoms. The van der Waals surface area contributed by atoms with E-state index < -0.39 is 34.3 Å².